The molecule has 0 radical (unpaired) electrons. The van der Waals surface area contributed by atoms with Crippen LogP contribution in [0.1, 0.15) is 51.0 Å². The molecule has 208 valence electrons. The highest BCUT2D eigenvalue weighted by Gasteiger charge is 2.33. The van der Waals surface area contributed by atoms with E-state index in [1.165, 1.54) is 24.1 Å². The van der Waals surface area contributed by atoms with Gasteiger partial charge in [-0.05, 0) is 55.2 Å². The number of hydrogen-bond donors (Lipinski definition) is 1. The summed E-state index contributed by atoms with van der Waals surface area (Å²) in [4.78, 5) is 28.7. The molecular formula is C27H35Cl2N3O5S. The Morgan fingerprint density at radius 3 is 2.26 bits per heavy atom. The van der Waals surface area contributed by atoms with Crippen LogP contribution in [0.25, 0.3) is 0 Å². The highest BCUT2D eigenvalue weighted by molar-refractivity contribution is 7.92. The van der Waals surface area contributed by atoms with Crippen molar-refractivity contribution in [3.63, 3.8) is 0 Å². The maximum Gasteiger partial charge on any atom is 0.244 e. The maximum atomic E-state index is 13.9. The van der Waals surface area contributed by atoms with E-state index >= 15 is 0 Å². The number of amides is 2. The molecule has 2 aromatic carbocycles. The first-order valence-electron chi connectivity index (χ1n) is 12.7. The topological polar surface area (TPSA) is 96.0 Å². The lowest BCUT2D eigenvalue weighted by Gasteiger charge is -2.34. The van der Waals surface area contributed by atoms with Crippen LogP contribution in [0, 0.1) is 0 Å². The monoisotopic (exact) mass is 583 g/mol. The Morgan fingerprint density at radius 1 is 1.05 bits per heavy atom. The molecule has 1 N–H and O–H groups in total. The molecule has 0 aromatic heterocycles. The average molecular weight is 585 g/mol. The number of nitrogens with one attached hydrogen (secondary N) is 1. The molecule has 0 aliphatic heterocycles. The fourth-order valence-electron chi connectivity index (χ4n) is 4.70. The van der Waals surface area contributed by atoms with Crippen LogP contribution >= 0.6 is 23.2 Å². The van der Waals surface area contributed by atoms with Gasteiger partial charge in [-0.15, -0.1) is 0 Å². The number of halogens is 2. The molecule has 0 bridgehead atoms. The number of carbonyl (C=O) groups is 2. The van der Waals surface area contributed by atoms with E-state index in [4.69, 9.17) is 27.9 Å². The number of sulfonamides is 1. The number of rotatable bonds is 11. The molecule has 1 atom stereocenters. The number of hydrogen-bond acceptors (Lipinski definition) is 5. The molecule has 2 amide bonds. The fourth-order valence-corrected chi connectivity index (χ4v) is 5.84. The standard InChI is InChI=1S/C27H35Cl2N3O5S/c1-4-23(27(34)30-22-8-6-5-7-9-22)31(17-19-10-12-20(28)13-11-19)26(33)18-32(38(3,35)36)24-16-21(29)14-15-25(24)37-2/h10-16,22-23H,4-9,17-18H2,1-3H3,(H,30,34). The Hall–Kier alpha value is -2.49. The number of anilines is 1. The lowest BCUT2D eigenvalue weighted by atomic mass is 9.95. The number of ether oxygens (including phenoxy) is 1. The van der Waals surface area contributed by atoms with E-state index in [-0.39, 0.29) is 29.9 Å². The molecule has 1 saturated carbocycles. The summed E-state index contributed by atoms with van der Waals surface area (Å²) in [6.07, 6.45) is 6.45. The van der Waals surface area contributed by atoms with Crippen LogP contribution in [0.15, 0.2) is 42.5 Å². The SMILES string of the molecule is CCC(C(=O)NC1CCCCC1)N(Cc1ccc(Cl)cc1)C(=O)CN(c1cc(Cl)ccc1OC)S(C)(=O)=O. The predicted octanol–water partition coefficient (Wildman–Crippen LogP) is 5.02. The minimum Gasteiger partial charge on any atom is -0.495 e. The predicted molar refractivity (Wildman–Crippen MR) is 151 cm³/mol. The van der Waals surface area contributed by atoms with Crippen molar-refractivity contribution >= 4 is 50.7 Å². The zero-order valence-electron chi connectivity index (χ0n) is 22.0. The molecule has 1 aliphatic carbocycles. The number of carbonyl (C=O) groups excluding carboxylic acids is 2. The van der Waals surface area contributed by atoms with E-state index in [2.05, 4.69) is 5.32 Å². The Balaban J connectivity index is 1.95. The van der Waals surface area contributed by atoms with Gasteiger partial charge in [0.2, 0.25) is 21.8 Å². The number of benzene rings is 2. The van der Waals surface area contributed by atoms with Crippen LogP contribution < -0.4 is 14.4 Å². The third kappa shape index (κ3) is 8.01. The van der Waals surface area contributed by atoms with Gasteiger partial charge in [0.25, 0.3) is 0 Å². The van der Waals surface area contributed by atoms with Gasteiger partial charge in [-0.3, -0.25) is 13.9 Å². The van der Waals surface area contributed by atoms with Crippen molar-refractivity contribution in [3.05, 3.63) is 58.1 Å². The highest BCUT2D eigenvalue weighted by Crippen LogP contribution is 2.33. The molecule has 0 spiro atoms. The Labute approximate surface area is 235 Å². The molecule has 11 heteroatoms. The zero-order chi connectivity index (χ0) is 27.9. The normalized spacial score (nSPS) is 15.0. The molecule has 3 rings (SSSR count). The van der Waals surface area contributed by atoms with E-state index in [1.54, 1.807) is 30.3 Å². The second-order valence-corrected chi connectivity index (χ2v) is 12.3. The molecule has 1 aliphatic rings. The van der Waals surface area contributed by atoms with Crippen molar-refractivity contribution in [2.45, 2.75) is 64.1 Å². The largest absolute Gasteiger partial charge is 0.495 e. The second kappa shape index (κ2) is 13.5. The van der Waals surface area contributed by atoms with Gasteiger partial charge in [-0.2, -0.15) is 0 Å². The number of nitrogens with zero attached hydrogens (tertiary/aromatic N) is 2. The lowest BCUT2D eigenvalue weighted by molar-refractivity contribution is -0.140. The van der Waals surface area contributed by atoms with Crippen LogP contribution in [0.4, 0.5) is 5.69 Å². The minimum atomic E-state index is -3.92. The second-order valence-electron chi connectivity index (χ2n) is 9.50. The molecule has 0 saturated heterocycles. The van der Waals surface area contributed by atoms with E-state index in [1.807, 2.05) is 6.92 Å². The summed E-state index contributed by atoms with van der Waals surface area (Å²) in [6.45, 7) is 1.41. The molecule has 8 nitrogen and oxygen atoms in total. The summed E-state index contributed by atoms with van der Waals surface area (Å²) in [5, 5.41) is 3.95. The van der Waals surface area contributed by atoms with Gasteiger partial charge in [0.05, 0.1) is 19.1 Å². The quantitative estimate of drug-likeness (QED) is 0.400. The van der Waals surface area contributed by atoms with Crippen molar-refractivity contribution in [3.8, 4) is 5.75 Å². The van der Waals surface area contributed by atoms with E-state index in [9.17, 15) is 18.0 Å². The van der Waals surface area contributed by atoms with Crippen LogP contribution in [0.2, 0.25) is 10.0 Å². The smallest absolute Gasteiger partial charge is 0.244 e. The minimum absolute atomic E-state index is 0.0704. The molecule has 2 aromatic rings. The third-order valence-corrected chi connectivity index (χ3v) is 8.31. The van der Waals surface area contributed by atoms with Crippen molar-refractivity contribution < 1.29 is 22.7 Å². The van der Waals surface area contributed by atoms with Crippen molar-refractivity contribution in [1.82, 2.24) is 10.2 Å². The lowest BCUT2D eigenvalue weighted by Crippen LogP contribution is -2.54. The first kappa shape index (κ1) is 30.1. The van der Waals surface area contributed by atoms with Crippen molar-refractivity contribution in [1.29, 1.82) is 0 Å². The average Bonchev–Trinajstić information content (AvgIpc) is 2.88. The van der Waals surface area contributed by atoms with Gasteiger partial charge in [0.15, 0.2) is 0 Å². The fraction of sp³-hybridized carbons (Fsp3) is 0.481. The zero-order valence-corrected chi connectivity index (χ0v) is 24.3. The third-order valence-electron chi connectivity index (χ3n) is 6.69. The van der Waals surface area contributed by atoms with E-state index < -0.39 is 28.5 Å². The first-order valence-corrected chi connectivity index (χ1v) is 15.3. The van der Waals surface area contributed by atoms with Crippen molar-refractivity contribution in [2.75, 3.05) is 24.2 Å². The summed E-state index contributed by atoms with van der Waals surface area (Å²) in [5.74, 6) is -0.523. The highest BCUT2D eigenvalue weighted by atomic mass is 35.5. The maximum absolute atomic E-state index is 13.9. The molecular weight excluding hydrogens is 549 g/mol. The summed E-state index contributed by atoms with van der Waals surface area (Å²) in [5.41, 5.74) is 0.903. The summed E-state index contributed by atoms with van der Waals surface area (Å²) >= 11 is 12.2. The van der Waals surface area contributed by atoms with Gasteiger partial charge in [-0.25, -0.2) is 8.42 Å². The summed E-state index contributed by atoms with van der Waals surface area (Å²) < 4.78 is 32.0. The van der Waals surface area contributed by atoms with Crippen LogP contribution in [-0.2, 0) is 26.2 Å². The molecule has 1 unspecified atom stereocenters. The van der Waals surface area contributed by atoms with Crippen LogP contribution in [0.5, 0.6) is 5.75 Å². The van der Waals surface area contributed by atoms with Crippen LogP contribution in [-0.4, -0.2) is 57.1 Å². The molecule has 0 heterocycles. The Bertz CT molecular complexity index is 1220. The molecule has 38 heavy (non-hydrogen) atoms. The van der Waals surface area contributed by atoms with Crippen LogP contribution in [0.3, 0.4) is 0 Å². The van der Waals surface area contributed by atoms with E-state index in [0.29, 0.717) is 16.5 Å². The van der Waals surface area contributed by atoms with Gasteiger partial charge in [0.1, 0.15) is 18.3 Å². The van der Waals surface area contributed by atoms with Gasteiger partial charge in [-0.1, -0.05) is 61.5 Å². The van der Waals surface area contributed by atoms with Gasteiger partial charge >= 0.3 is 0 Å². The van der Waals surface area contributed by atoms with Crippen molar-refractivity contribution in [2.24, 2.45) is 0 Å². The Kier molecular flexibility index (Phi) is 10.7. The van der Waals surface area contributed by atoms with Gasteiger partial charge in [0, 0.05) is 22.6 Å². The van der Waals surface area contributed by atoms with E-state index in [0.717, 1.165) is 48.2 Å². The summed E-state index contributed by atoms with van der Waals surface area (Å²) in [7, 11) is -2.51. The first-order chi connectivity index (χ1) is 18.0. The van der Waals surface area contributed by atoms with Gasteiger partial charge < -0.3 is 15.0 Å². The molecule has 1 fully saturated rings. The number of methoxy groups -OCH3 is 1. The Morgan fingerprint density at radius 2 is 1.68 bits per heavy atom. The summed E-state index contributed by atoms with van der Waals surface area (Å²) in [6, 6.07) is 10.8.